The van der Waals surface area contributed by atoms with Crippen molar-refractivity contribution < 1.29 is 23.0 Å². The largest absolute Gasteiger partial charge is 0.499 e. The van der Waals surface area contributed by atoms with Crippen molar-refractivity contribution in [3.05, 3.63) is 46.6 Å². The van der Waals surface area contributed by atoms with Crippen LogP contribution in [0, 0.1) is 5.41 Å². The lowest BCUT2D eigenvalue weighted by atomic mass is 9.61. The summed E-state index contributed by atoms with van der Waals surface area (Å²) in [5.74, 6) is -0.152. The van der Waals surface area contributed by atoms with Crippen LogP contribution in [0.4, 0.5) is 8.78 Å². The zero-order valence-electron chi connectivity index (χ0n) is 15.3. The van der Waals surface area contributed by atoms with Crippen molar-refractivity contribution in [1.29, 1.82) is 0 Å². The van der Waals surface area contributed by atoms with Crippen molar-refractivity contribution >= 4 is 21.8 Å². The average Bonchev–Trinajstić information content (AvgIpc) is 2.84. The Hall–Kier alpha value is -1.47. The summed E-state index contributed by atoms with van der Waals surface area (Å²) in [6, 6.07) is 6.06. The highest BCUT2D eigenvalue weighted by Crippen LogP contribution is 2.58. The molecular weight excluding hydrogens is 420 g/mol. The third kappa shape index (κ3) is 3.76. The lowest BCUT2D eigenvalue weighted by molar-refractivity contribution is -0.179. The minimum Gasteiger partial charge on any atom is -0.499 e. The predicted molar refractivity (Wildman–Crippen MR) is 101 cm³/mol. The van der Waals surface area contributed by atoms with Gasteiger partial charge in [-0.15, -0.1) is 0 Å². The molecule has 1 aromatic carbocycles. The molecule has 3 rings (SSSR count). The molecule has 1 saturated carbocycles. The topological polar surface area (TPSA) is 47.6 Å². The number of carbonyl (C=O) groups is 1. The quantitative estimate of drug-likeness (QED) is 0.650. The Morgan fingerprint density at radius 2 is 2.15 bits per heavy atom. The number of fused-ring (bicyclic) bond motifs is 1. The zero-order valence-corrected chi connectivity index (χ0v) is 16.9. The van der Waals surface area contributed by atoms with Crippen LogP contribution in [-0.4, -0.2) is 25.2 Å². The number of nitrogens with one attached hydrogen (secondary N) is 1. The van der Waals surface area contributed by atoms with Gasteiger partial charge in [0.15, 0.2) is 0 Å². The molecule has 2 aliphatic rings. The van der Waals surface area contributed by atoms with Gasteiger partial charge in [0, 0.05) is 16.8 Å². The molecule has 1 amide bonds. The summed E-state index contributed by atoms with van der Waals surface area (Å²) in [5.41, 5.74) is 1.12. The molecule has 1 spiro atoms. The van der Waals surface area contributed by atoms with Crippen molar-refractivity contribution in [2.45, 2.75) is 57.3 Å². The Morgan fingerprint density at radius 3 is 2.74 bits per heavy atom. The van der Waals surface area contributed by atoms with E-state index in [0.717, 1.165) is 22.0 Å². The maximum Gasteiger partial charge on any atom is 0.345 e. The molecule has 0 heterocycles. The van der Waals surface area contributed by atoms with Crippen molar-refractivity contribution in [2.24, 2.45) is 5.41 Å². The molecular formula is C20H24BrF2NO3. The molecule has 1 atom stereocenters. The van der Waals surface area contributed by atoms with E-state index in [1.165, 1.54) is 13.2 Å². The van der Waals surface area contributed by atoms with Gasteiger partial charge < -0.3 is 14.8 Å². The standard InChI is InChI=1S/C20H24BrF2NO3/c1-3-26-12-20(24-13(2)25)17-10-15(21)5-4-14(17)11-19(20)8-6-16(7-9-19)27-18(22)23/h3-5,10,16,18H,1,6-9,11-12H2,2H3,(H,24,25). The van der Waals surface area contributed by atoms with Crippen LogP contribution in [0.5, 0.6) is 0 Å². The summed E-state index contributed by atoms with van der Waals surface area (Å²) >= 11 is 3.52. The molecule has 148 valence electrons. The third-order valence-corrected chi connectivity index (χ3v) is 6.45. The van der Waals surface area contributed by atoms with Gasteiger partial charge in [-0.2, -0.15) is 8.78 Å². The van der Waals surface area contributed by atoms with Crippen LogP contribution in [0.25, 0.3) is 0 Å². The molecule has 27 heavy (non-hydrogen) atoms. The molecule has 7 heteroatoms. The normalized spacial score (nSPS) is 29.6. The average molecular weight is 444 g/mol. The number of amides is 1. The summed E-state index contributed by atoms with van der Waals surface area (Å²) in [5, 5.41) is 3.17. The highest BCUT2D eigenvalue weighted by molar-refractivity contribution is 9.10. The Kier molecular flexibility index (Phi) is 5.91. The molecule has 0 aliphatic heterocycles. The first-order valence-corrected chi connectivity index (χ1v) is 9.85. The van der Waals surface area contributed by atoms with Crippen LogP contribution in [-0.2, 0) is 26.2 Å². The second kappa shape index (κ2) is 7.87. The predicted octanol–water partition coefficient (Wildman–Crippen LogP) is 4.66. The number of carbonyl (C=O) groups excluding carboxylic acids is 1. The van der Waals surface area contributed by atoms with E-state index in [1.54, 1.807) is 0 Å². The molecule has 1 fully saturated rings. The smallest absolute Gasteiger partial charge is 0.345 e. The van der Waals surface area contributed by atoms with Gasteiger partial charge in [0.05, 0.1) is 12.4 Å². The second-order valence-electron chi connectivity index (χ2n) is 7.42. The monoisotopic (exact) mass is 443 g/mol. The van der Waals surface area contributed by atoms with Crippen LogP contribution in [0.3, 0.4) is 0 Å². The van der Waals surface area contributed by atoms with Gasteiger partial charge in [0.25, 0.3) is 0 Å². The number of rotatable bonds is 6. The Labute approximate surface area is 166 Å². The summed E-state index contributed by atoms with van der Waals surface area (Å²) in [7, 11) is 0. The molecule has 0 aromatic heterocycles. The molecule has 1 unspecified atom stereocenters. The third-order valence-electron chi connectivity index (χ3n) is 5.96. The fourth-order valence-electron chi connectivity index (χ4n) is 4.88. The molecule has 0 bridgehead atoms. The first-order valence-electron chi connectivity index (χ1n) is 9.06. The van der Waals surface area contributed by atoms with Gasteiger partial charge in [0.1, 0.15) is 12.1 Å². The van der Waals surface area contributed by atoms with Gasteiger partial charge in [-0.1, -0.05) is 28.6 Å². The number of alkyl halides is 2. The SMILES string of the molecule is C=COCC1(NC(C)=O)c2cc(Br)ccc2CC12CCC(OC(F)F)CC2. The Balaban J connectivity index is 2.01. The number of hydrogen-bond acceptors (Lipinski definition) is 3. The summed E-state index contributed by atoms with van der Waals surface area (Å²) in [6.45, 7) is 2.62. The van der Waals surface area contributed by atoms with Crippen molar-refractivity contribution in [3.8, 4) is 0 Å². The van der Waals surface area contributed by atoms with Gasteiger partial charge in [-0.05, 0) is 55.4 Å². The molecule has 0 saturated heterocycles. The number of benzene rings is 1. The minimum absolute atomic E-state index is 0.152. The van der Waals surface area contributed by atoms with Crippen LogP contribution in [0.2, 0.25) is 0 Å². The maximum atomic E-state index is 12.6. The van der Waals surface area contributed by atoms with Crippen LogP contribution in [0.1, 0.15) is 43.7 Å². The van der Waals surface area contributed by atoms with Crippen LogP contribution in [0.15, 0.2) is 35.5 Å². The summed E-state index contributed by atoms with van der Waals surface area (Å²) in [6.07, 6.45) is 4.05. The van der Waals surface area contributed by atoms with E-state index >= 15 is 0 Å². The molecule has 0 radical (unpaired) electrons. The molecule has 4 nitrogen and oxygen atoms in total. The molecule has 2 aliphatic carbocycles. The fraction of sp³-hybridized carbons (Fsp3) is 0.550. The van der Waals surface area contributed by atoms with Crippen molar-refractivity contribution in [2.75, 3.05) is 6.61 Å². The fourth-order valence-corrected chi connectivity index (χ4v) is 5.24. The van der Waals surface area contributed by atoms with Gasteiger partial charge in [-0.25, -0.2) is 0 Å². The number of hydrogen-bond donors (Lipinski definition) is 1. The second-order valence-corrected chi connectivity index (χ2v) is 8.33. The van der Waals surface area contributed by atoms with Gasteiger partial charge >= 0.3 is 6.61 Å². The first-order chi connectivity index (χ1) is 12.8. The van der Waals surface area contributed by atoms with E-state index < -0.39 is 18.3 Å². The van der Waals surface area contributed by atoms with Crippen molar-refractivity contribution in [1.82, 2.24) is 5.32 Å². The van der Waals surface area contributed by atoms with E-state index in [4.69, 9.17) is 9.47 Å². The highest BCUT2D eigenvalue weighted by Gasteiger charge is 2.59. The van der Waals surface area contributed by atoms with Gasteiger partial charge in [0.2, 0.25) is 5.91 Å². The molecule has 1 aromatic rings. The lowest BCUT2D eigenvalue weighted by Gasteiger charge is -2.50. The minimum atomic E-state index is -2.76. The lowest BCUT2D eigenvalue weighted by Crippen LogP contribution is -2.59. The highest BCUT2D eigenvalue weighted by atomic mass is 79.9. The van der Waals surface area contributed by atoms with E-state index in [1.807, 2.05) is 12.1 Å². The zero-order chi connectivity index (χ0) is 19.7. The first kappa shape index (κ1) is 20.3. The number of halogens is 3. The van der Waals surface area contributed by atoms with Crippen LogP contribution < -0.4 is 5.32 Å². The van der Waals surface area contributed by atoms with Crippen molar-refractivity contribution in [3.63, 3.8) is 0 Å². The Morgan fingerprint density at radius 1 is 1.44 bits per heavy atom. The summed E-state index contributed by atoms with van der Waals surface area (Å²) < 4.78 is 36.5. The van der Waals surface area contributed by atoms with E-state index in [2.05, 4.69) is 33.9 Å². The molecule has 1 N–H and O–H groups in total. The summed E-state index contributed by atoms with van der Waals surface area (Å²) in [4.78, 5) is 12.2. The number of ether oxygens (including phenoxy) is 2. The van der Waals surface area contributed by atoms with Gasteiger partial charge in [-0.3, -0.25) is 4.79 Å². The van der Waals surface area contributed by atoms with E-state index in [-0.39, 0.29) is 17.9 Å². The van der Waals surface area contributed by atoms with Crippen LogP contribution >= 0.6 is 15.9 Å². The maximum absolute atomic E-state index is 12.6. The van der Waals surface area contributed by atoms with E-state index in [9.17, 15) is 13.6 Å². The Bertz CT molecular complexity index is 719. The van der Waals surface area contributed by atoms with E-state index in [0.29, 0.717) is 25.7 Å².